The third-order valence-electron chi connectivity index (χ3n) is 2.36. The van der Waals surface area contributed by atoms with Gasteiger partial charge >= 0.3 is 0 Å². The fraction of sp³-hybridized carbons (Fsp3) is 0.154. The zero-order chi connectivity index (χ0) is 12.8. The maximum absolute atomic E-state index is 11.5. The Kier molecular flexibility index (Phi) is 3.86. The molecular weight excluding hydrogens is 228 g/mol. The molecule has 0 saturated carbocycles. The van der Waals surface area contributed by atoms with Crippen molar-refractivity contribution in [3.05, 3.63) is 53.6 Å². The van der Waals surface area contributed by atoms with E-state index in [2.05, 4.69) is 20.5 Å². The first-order valence-corrected chi connectivity index (χ1v) is 5.61. The normalized spacial score (nSPS) is 10.7. The van der Waals surface area contributed by atoms with E-state index in [1.54, 1.807) is 6.08 Å². The van der Waals surface area contributed by atoms with Gasteiger partial charge in [0.1, 0.15) is 12.2 Å². The topological polar surface area (TPSA) is 70.7 Å². The minimum absolute atomic E-state index is 0.159. The first kappa shape index (κ1) is 12.0. The van der Waals surface area contributed by atoms with Crippen LogP contribution in [-0.4, -0.2) is 21.1 Å². The van der Waals surface area contributed by atoms with Crippen LogP contribution in [-0.2, 0) is 11.3 Å². The van der Waals surface area contributed by atoms with Crippen molar-refractivity contribution in [2.24, 2.45) is 0 Å². The largest absolute Gasteiger partial charge is 0.345 e. The van der Waals surface area contributed by atoms with Crippen molar-refractivity contribution in [2.45, 2.75) is 13.5 Å². The number of benzene rings is 1. The first-order chi connectivity index (χ1) is 8.74. The molecule has 0 aliphatic carbocycles. The van der Waals surface area contributed by atoms with Gasteiger partial charge in [-0.1, -0.05) is 29.8 Å². The molecule has 0 fully saturated rings. The molecule has 1 amide bonds. The van der Waals surface area contributed by atoms with Crippen LogP contribution in [0.15, 0.2) is 36.7 Å². The molecule has 1 heterocycles. The van der Waals surface area contributed by atoms with Gasteiger partial charge < -0.3 is 5.32 Å². The van der Waals surface area contributed by atoms with Crippen molar-refractivity contribution in [1.29, 1.82) is 0 Å². The standard InChI is InChI=1S/C13H14N4O/c1-10-3-2-4-11(7-10)5-6-13(18)14-8-12-15-9-16-17-12/h2-7,9H,8H2,1H3,(H,14,18)(H,15,16,17)/b6-5+. The van der Waals surface area contributed by atoms with Crippen molar-refractivity contribution in [3.8, 4) is 0 Å². The second kappa shape index (κ2) is 5.77. The fourth-order valence-electron chi connectivity index (χ4n) is 1.49. The van der Waals surface area contributed by atoms with E-state index in [0.29, 0.717) is 12.4 Å². The lowest BCUT2D eigenvalue weighted by atomic mass is 10.1. The van der Waals surface area contributed by atoms with E-state index in [4.69, 9.17) is 0 Å². The van der Waals surface area contributed by atoms with E-state index < -0.39 is 0 Å². The summed E-state index contributed by atoms with van der Waals surface area (Å²) >= 11 is 0. The Morgan fingerprint density at radius 1 is 1.50 bits per heavy atom. The molecule has 0 bridgehead atoms. The lowest BCUT2D eigenvalue weighted by Crippen LogP contribution is -2.20. The molecule has 2 aromatic rings. The quantitative estimate of drug-likeness (QED) is 0.797. The summed E-state index contributed by atoms with van der Waals surface area (Å²) in [6.45, 7) is 2.36. The number of carbonyl (C=O) groups is 1. The van der Waals surface area contributed by atoms with Crippen LogP contribution in [0.2, 0.25) is 0 Å². The highest BCUT2D eigenvalue weighted by Crippen LogP contribution is 2.05. The zero-order valence-corrected chi connectivity index (χ0v) is 10.1. The van der Waals surface area contributed by atoms with Crippen LogP contribution in [0, 0.1) is 6.92 Å². The summed E-state index contributed by atoms with van der Waals surface area (Å²) in [7, 11) is 0. The average Bonchev–Trinajstić information content (AvgIpc) is 2.87. The number of aryl methyl sites for hydroxylation is 1. The zero-order valence-electron chi connectivity index (χ0n) is 10.1. The molecule has 5 heteroatoms. The number of carbonyl (C=O) groups excluding carboxylic acids is 1. The summed E-state index contributed by atoms with van der Waals surface area (Å²) in [5, 5.41) is 9.08. The summed E-state index contributed by atoms with van der Waals surface area (Å²) in [6.07, 6.45) is 4.69. The molecule has 0 saturated heterocycles. The molecule has 0 aliphatic heterocycles. The lowest BCUT2D eigenvalue weighted by molar-refractivity contribution is -0.116. The molecule has 92 valence electrons. The van der Waals surface area contributed by atoms with Crippen molar-refractivity contribution < 1.29 is 4.79 Å². The van der Waals surface area contributed by atoms with Crippen LogP contribution in [0.5, 0.6) is 0 Å². The Labute approximate surface area is 105 Å². The van der Waals surface area contributed by atoms with Gasteiger partial charge in [0.15, 0.2) is 0 Å². The maximum Gasteiger partial charge on any atom is 0.244 e. The van der Waals surface area contributed by atoms with Crippen LogP contribution >= 0.6 is 0 Å². The van der Waals surface area contributed by atoms with E-state index in [0.717, 1.165) is 5.56 Å². The van der Waals surface area contributed by atoms with Crippen LogP contribution < -0.4 is 5.32 Å². The van der Waals surface area contributed by atoms with Crippen LogP contribution in [0.3, 0.4) is 0 Å². The highest BCUT2D eigenvalue weighted by molar-refractivity contribution is 5.91. The predicted octanol–water partition coefficient (Wildman–Crippen LogP) is 1.44. The van der Waals surface area contributed by atoms with E-state index in [1.807, 2.05) is 31.2 Å². The van der Waals surface area contributed by atoms with E-state index in [9.17, 15) is 4.79 Å². The Balaban J connectivity index is 1.87. The highest BCUT2D eigenvalue weighted by atomic mass is 16.1. The number of nitrogens with one attached hydrogen (secondary N) is 2. The van der Waals surface area contributed by atoms with Gasteiger partial charge in [-0.25, -0.2) is 4.98 Å². The minimum atomic E-state index is -0.159. The molecule has 1 aromatic carbocycles. The van der Waals surface area contributed by atoms with Gasteiger partial charge in [0.25, 0.3) is 0 Å². The third-order valence-corrected chi connectivity index (χ3v) is 2.36. The molecule has 0 spiro atoms. The van der Waals surface area contributed by atoms with Gasteiger partial charge in [-0.2, -0.15) is 5.10 Å². The summed E-state index contributed by atoms with van der Waals surface area (Å²) in [5.74, 6) is 0.472. The summed E-state index contributed by atoms with van der Waals surface area (Å²) in [6, 6.07) is 7.94. The smallest absolute Gasteiger partial charge is 0.244 e. The van der Waals surface area contributed by atoms with Crippen LogP contribution in [0.25, 0.3) is 6.08 Å². The Morgan fingerprint density at radius 3 is 3.11 bits per heavy atom. The molecule has 2 N–H and O–H groups in total. The molecule has 0 aliphatic rings. The highest BCUT2D eigenvalue weighted by Gasteiger charge is 1.98. The minimum Gasteiger partial charge on any atom is -0.345 e. The summed E-state index contributed by atoms with van der Waals surface area (Å²) < 4.78 is 0. The van der Waals surface area contributed by atoms with Gasteiger partial charge in [-0.15, -0.1) is 0 Å². The predicted molar refractivity (Wildman–Crippen MR) is 68.4 cm³/mol. The van der Waals surface area contributed by atoms with E-state index in [-0.39, 0.29) is 5.91 Å². The molecule has 0 radical (unpaired) electrons. The van der Waals surface area contributed by atoms with Crippen molar-refractivity contribution >= 4 is 12.0 Å². The van der Waals surface area contributed by atoms with Crippen LogP contribution in [0.4, 0.5) is 0 Å². The number of aromatic amines is 1. The lowest BCUT2D eigenvalue weighted by Gasteiger charge is -1.98. The third kappa shape index (κ3) is 3.55. The molecule has 0 unspecified atom stereocenters. The molecule has 18 heavy (non-hydrogen) atoms. The van der Waals surface area contributed by atoms with Crippen molar-refractivity contribution in [2.75, 3.05) is 0 Å². The number of amides is 1. The number of aromatic nitrogens is 3. The molecule has 1 aromatic heterocycles. The van der Waals surface area contributed by atoms with Crippen LogP contribution in [0.1, 0.15) is 17.0 Å². The SMILES string of the molecule is Cc1cccc(/C=C/C(=O)NCc2ncn[nH]2)c1. The summed E-state index contributed by atoms with van der Waals surface area (Å²) in [4.78, 5) is 15.4. The maximum atomic E-state index is 11.5. The second-order valence-corrected chi connectivity index (χ2v) is 3.90. The van der Waals surface area contributed by atoms with E-state index in [1.165, 1.54) is 18.0 Å². The van der Waals surface area contributed by atoms with Crippen molar-refractivity contribution in [1.82, 2.24) is 20.5 Å². The van der Waals surface area contributed by atoms with Gasteiger partial charge in [0, 0.05) is 6.08 Å². The Hall–Kier alpha value is -2.43. The second-order valence-electron chi connectivity index (χ2n) is 3.90. The van der Waals surface area contributed by atoms with Crippen molar-refractivity contribution in [3.63, 3.8) is 0 Å². The number of hydrogen-bond acceptors (Lipinski definition) is 3. The van der Waals surface area contributed by atoms with Gasteiger partial charge in [0.05, 0.1) is 6.54 Å². The number of hydrogen-bond donors (Lipinski definition) is 2. The fourth-order valence-corrected chi connectivity index (χ4v) is 1.49. The number of nitrogens with zero attached hydrogens (tertiary/aromatic N) is 2. The summed E-state index contributed by atoms with van der Waals surface area (Å²) in [5.41, 5.74) is 2.17. The van der Waals surface area contributed by atoms with Gasteiger partial charge in [-0.05, 0) is 18.6 Å². The Bertz CT molecular complexity index is 546. The molecule has 2 rings (SSSR count). The van der Waals surface area contributed by atoms with Gasteiger partial charge in [-0.3, -0.25) is 9.89 Å². The number of rotatable bonds is 4. The molecule has 5 nitrogen and oxygen atoms in total. The monoisotopic (exact) mass is 242 g/mol. The molecular formula is C13H14N4O. The van der Waals surface area contributed by atoms with Gasteiger partial charge in [0.2, 0.25) is 5.91 Å². The first-order valence-electron chi connectivity index (χ1n) is 5.61. The van der Waals surface area contributed by atoms with E-state index >= 15 is 0 Å². The number of H-pyrrole nitrogens is 1. The molecule has 0 atom stereocenters. The average molecular weight is 242 g/mol. The Morgan fingerprint density at radius 2 is 2.39 bits per heavy atom.